The average Bonchev–Trinajstić information content (AvgIpc) is 3.07. The van der Waals surface area contributed by atoms with Crippen LogP contribution in [0.4, 0.5) is 0 Å². The van der Waals surface area contributed by atoms with Gasteiger partial charge >= 0.3 is 0 Å². The molecule has 1 fully saturated rings. The molecule has 0 spiro atoms. The maximum Gasteiger partial charge on any atom is 0.252 e. The van der Waals surface area contributed by atoms with E-state index in [9.17, 15) is 9.59 Å². The Balaban J connectivity index is 1.70. The molecule has 1 unspecified atom stereocenters. The number of carbonyl (C=O) groups excluding carboxylic acids is 2. The number of benzene rings is 1. The zero-order valence-electron chi connectivity index (χ0n) is 12.7. The number of pyridine rings is 1. The van der Waals surface area contributed by atoms with Gasteiger partial charge in [0.1, 0.15) is 0 Å². The molecule has 1 aromatic carbocycles. The molecule has 1 saturated carbocycles. The Bertz CT molecular complexity index is 789. The van der Waals surface area contributed by atoms with Gasteiger partial charge in [0.05, 0.1) is 24.0 Å². The van der Waals surface area contributed by atoms with E-state index in [0.717, 1.165) is 30.2 Å². The summed E-state index contributed by atoms with van der Waals surface area (Å²) in [7, 11) is 0. The van der Waals surface area contributed by atoms with Crippen LogP contribution in [-0.4, -0.2) is 23.2 Å². The summed E-state index contributed by atoms with van der Waals surface area (Å²) in [6.07, 6.45) is 4.09. The van der Waals surface area contributed by atoms with Crippen molar-refractivity contribution in [3.05, 3.63) is 42.1 Å². The lowest BCUT2D eigenvalue weighted by Crippen LogP contribution is -2.34. The van der Waals surface area contributed by atoms with Crippen LogP contribution in [0.3, 0.4) is 0 Å². The molecule has 0 radical (unpaired) electrons. The molecular formula is C18H17N3O2. The van der Waals surface area contributed by atoms with E-state index in [1.165, 1.54) is 0 Å². The normalized spacial score (nSPS) is 20.1. The van der Waals surface area contributed by atoms with Gasteiger partial charge in [0.15, 0.2) is 5.78 Å². The summed E-state index contributed by atoms with van der Waals surface area (Å²) in [4.78, 5) is 28.8. The maximum absolute atomic E-state index is 12.4. The average molecular weight is 307 g/mol. The summed E-state index contributed by atoms with van der Waals surface area (Å²) in [5.41, 5.74) is 1.25. The molecule has 1 N–H and O–H groups in total. The number of Topliss-reactive ketones (excluding diaryl/α,β-unsaturated/α-hetero) is 1. The van der Waals surface area contributed by atoms with Crippen LogP contribution in [0.2, 0.25) is 0 Å². The summed E-state index contributed by atoms with van der Waals surface area (Å²) < 4.78 is 0. The highest BCUT2D eigenvalue weighted by atomic mass is 16.2. The molecule has 1 aliphatic rings. The minimum atomic E-state index is -0.288. The Hall–Kier alpha value is -2.74. The molecule has 1 aliphatic carbocycles. The van der Waals surface area contributed by atoms with Crippen LogP contribution in [-0.2, 0) is 4.79 Å². The zero-order valence-corrected chi connectivity index (χ0v) is 12.7. The quantitative estimate of drug-likeness (QED) is 0.940. The van der Waals surface area contributed by atoms with Gasteiger partial charge in [-0.05, 0) is 31.0 Å². The maximum atomic E-state index is 12.4. The van der Waals surface area contributed by atoms with Crippen molar-refractivity contribution < 1.29 is 9.59 Å². The van der Waals surface area contributed by atoms with E-state index in [2.05, 4.69) is 16.4 Å². The largest absolute Gasteiger partial charge is 0.345 e. The fourth-order valence-electron chi connectivity index (χ4n) is 3.20. The second-order valence-electron chi connectivity index (χ2n) is 5.80. The van der Waals surface area contributed by atoms with Crippen molar-refractivity contribution in [1.29, 1.82) is 5.26 Å². The molecule has 116 valence electrons. The van der Waals surface area contributed by atoms with E-state index in [1.807, 2.05) is 12.1 Å². The molecule has 2 aromatic rings. The predicted octanol–water partition coefficient (Wildman–Crippen LogP) is 2.47. The van der Waals surface area contributed by atoms with Crippen LogP contribution in [0.1, 0.15) is 29.6 Å². The van der Waals surface area contributed by atoms with Crippen LogP contribution in [0.25, 0.3) is 10.9 Å². The number of nitrogens with zero attached hydrogens (tertiary/aromatic N) is 2. The van der Waals surface area contributed by atoms with Crippen molar-refractivity contribution in [2.75, 3.05) is 6.54 Å². The Kier molecular flexibility index (Phi) is 4.33. The monoisotopic (exact) mass is 307 g/mol. The second kappa shape index (κ2) is 6.57. The van der Waals surface area contributed by atoms with E-state index in [1.54, 1.807) is 24.4 Å². The Labute approximate surface area is 134 Å². The van der Waals surface area contributed by atoms with E-state index in [4.69, 9.17) is 5.26 Å². The lowest BCUT2D eigenvalue weighted by molar-refractivity contribution is -0.122. The summed E-state index contributed by atoms with van der Waals surface area (Å²) in [5, 5.41) is 12.5. The molecule has 5 nitrogen and oxygen atoms in total. The molecule has 2 atom stereocenters. The van der Waals surface area contributed by atoms with Crippen LogP contribution in [0.5, 0.6) is 0 Å². The molecule has 1 heterocycles. The number of nitriles is 1. The lowest BCUT2D eigenvalue weighted by atomic mass is 9.93. The van der Waals surface area contributed by atoms with Crippen LogP contribution < -0.4 is 5.32 Å². The van der Waals surface area contributed by atoms with Crippen molar-refractivity contribution in [2.24, 2.45) is 11.8 Å². The first-order valence-corrected chi connectivity index (χ1v) is 7.75. The predicted molar refractivity (Wildman–Crippen MR) is 85.5 cm³/mol. The van der Waals surface area contributed by atoms with Crippen molar-refractivity contribution in [3.8, 4) is 6.07 Å². The van der Waals surface area contributed by atoms with Gasteiger partial charge in [0, 0.05) is 23.1 Å². The number of hydrogen-bond acceptors (Lipinski definition) is 4. The molecule has 5 heteroatoms. The van der Waals surface area contributed by atoms with Crippen molar-refractivity contribution >= 4 is 22.6 Å². The number of rotatable bonds is 4. The Morgan fingerprint density at radius 3 is 2.96 bits per heavy atom. The van der Waals surface area contributed by atoms with Gasteiger partial charge in [-0.1, -0.05) is 18.6 Å². The van der Waals surface area contributed by atoms with E-state index >= 15 is 0 Å². The minimum Gasteiger partial charge on any atom is -0.345 e. The van der Waals surface area contributed by atoms with E-state index < -0.39 is 0 Å². The van der Waals surface area contributed by atoms with Gasteiger partial charge in [-0.15, -0.1) is 0 Å². The van der Waals surface area contributed by atoms with Gasteiger partial charge < -0.3 is 5.32 Å². The van der Waals surface area contributed by atoms with Crippen molar-refractivity contribution in [3.63, 3.8) is 0 Å². The zero-order chi connectivity index (χ0) is 16.2. The number of amides is 1. The van der Waals surface area contributed by atoms with E-state index in [0.29, 0.717) is 5.56 Å². The van der Waals surface area contributed by atoms with Crippen molar-refractivity contribution in [1.82, 2.24) is 10.3 Å². The Morgan fingerprint density at radius 1 is 1.26 bits per heavy atom. The summed E-state index contributed by atoms with van der Waals surface area (Å²) in [5.74, 6) is -0.792. The number of ketones is 1. The molecule has 0 bridgehead atoms. The third-order valence-corrected chi connectivity index (χ3v) is 4.41. The fourth-order valence-corrected chi connectivity index (χ4v) is 3.20. The SMILES string of the molecule is N#C[C@@H]1CCCC1C(=O)CNC(=O)c1cccc2ncccc12. The van der Waals surface area contributed by atoms with Gasteiger partial charge in [-0.2, -0.15) is 5.26 Å². The van der Waals surface area contributed by atoms with Crippen LogP contribution in [0, 0.1) is 23.2 Å². The highest BCUT2D eigenvalue weighted by Gasteiger charge is 2.32. The number of nitrogens with one attached hydrogen (secondary N) is 1. The third kappa shape index (κ3) is 3.07. The molecular weight excluding hydrogens is 290 g/mol. The molecule has 3 rings (SSSR count). The molecule has 0 aliphatic heterocycles. The van der Waals surface area contributed by atoms with Crippen molar-refractivity contribution in [2.45, 2.75) is 19.3 Å². The number of fused-ring (bicyclic) bond motifs is 1. The second-order valence-corrected chi connectivity index (χ2v) is 5.80. The highest BCUT2D eigenvalue weighted by molar-refractivity contribution is 6.07. The van der Waals surface area contributed by atoms with E-state index in [-0.39, 0.29) is 30.1 Å². The summed E-state index contributed by atoms with van der Waals surface area (Å²) in [6.45, 7) is -0.0294. The van der Waals surface area contributed by atoms with Gasteiger partial charge in [0.25, 0.3) is 5.91 Å². The van der Waals surface area contributed by atoms with Gasteiger partial charge in [-0.25, -0.2) is 0 Å². The molecule has 1 aromatic heterocycles. The first-order valence-electron chi connectivity index (χ1n) is 7.75. The van der Waals surface area contributed by atoms with Crippen LogP contribution in [0.15, 0.2) is 36.5 Å². The summed E-state index contributed by atoms with van der Waals surface area (Å²) in [6, 6.07) is 11.1. The minimum absolute atomic E-state index is 0.0294. The summed E-state index contributed by atoms with van der Waals surface area (Å²) >= 11 is 0. The first kappa shape index (κ1) is 15.2. The first-order chi connectivity index (χ1) is 11.2. The highest BCUT2D eigenvalue weighted by Crippen LogP contribution is 2.31. The van der Waals surface area contributed by atoms with Gasteiger partial charge in [0.2, 0.25) is 0 Å². The number of carbonyl (C=O) groups is 2. The molecule has 23 heavy (non-hydrogen) atoms. The number of aromatic nitrogens is 1. The third-order valence-electron chi connectivity index (χ3n) is 4.41. The smallest absolute Gasteiger partial charge is 0.252 e. The lowest BCUT2D eigenvalue weighted by Gasteiger charge is -2.13. The topological polar surface area (TPSA) is 82.9 Å². The standard InChI is InChI=1S/C18H17N3O2/c19-10-12-4-1-5-13(12)17(22)11-21-18(23)15-6-2-8-16-14(15)7-3-9-20-16/h2-3,6-9,12-13H,1,4-5,11H2,(H,21,23)/t12-,13?/m0/s1. The molecule has 1 amide bonds. The molecule has 0 saturated heterocycles. The van der Waals surface area contributed by atoms with Gasteiger partial charge in [-0.3, -0.25) is 14.6 Å². The number of hydrogen-bond donors (Lipinski definition) is 1. The van der Waals surface area contributed by atoms with Crippen LogP contribution >= 0.6 is 0 Å². The Morgan fingerprint density at radius 2 is 2.13 bits per heavy atom. The fraction of sp³-hybridized carbons (Fsp3) is 0.333.